The highest BCUT2D eigenvalue weighted by molar-refractivity contribution is 9.09. The molecule has 1 atom stereocenters. The molecule has 0 aliphatic carbocycles. The van der Waals surface area contributed by atoms with Crippen molar-refractivity contribution in [1.29, 1.82) is 0 Å². The van der Waals surface area contributed by atoms with Gasteiger partial charge in [-0.2, -0.15) is 0 Å². The van der Waals surface area contributed by atoms with Gasteiger partial charge in [-0.05, 0) is 6.92 Å². The summed E-state index contributed by atoms with van der Waals surface area (Å²) >= 11 is 2.93. The maximum absolute atomic E-state index is 10.6. The number of halogens is 1. The van der Waals surface area contributed by atoms with E-state index in [1.165, 1.54) is 6.92 Å². The second-order valence-corrected chi connectivity index (χ2v) is 2.39. The van der Waals surface area contributed by atoms with Crippen LogP contribution in [0.1, 0.15) is 6.92 Å². The first-order valence-electron chi connectivity index (χ1n) is 2.72. The quantitative estimate of drug-likeness (QED) is 0.607. The van der Waals surface area contributed by atoms with Crippen molar-refractivity contribution in [3.05, 3.63) is 0 Å². The van der Waals surface area contributed by atoms with Crippen molar-refractivity contribution >= 4 is 27.7 Å². The van der Waals surface area contributed by atoms with Gasteiger partial charge in [-0.15, -0.1) is 0 Å². The van der Waals surface area contributed by atoms with Gasteiger partial charge in [0.05, 0.1) is 5.33 Å². The van der Waals surface area contributed by atoms with E-state index < -0.39 is 11.9 Å². The number of hydrogen-bond donors (Lipinski definition) is 2. The molecule has 0 aliphatic heterocycles. The molecule has 0 aromatic rings. The number of nitrogens with one attached hydrogen (secondary N) is 1. The van der Waals surface area contributed by atoms with Gasteiger partial charge >= 0.3 is 0 Å². The van der Waals surface area contributed by atoms with Gasteiger partial charge in [-0.3, -0.25) is 9.59 Å². The van der Waals surface area contributed by atoms with Crippen molar-refractivity contribution in [2.75, 3.05) is 5.33 Å². The lowest BCUT2D eigenvalue weighted by Crippen LogP contribution is -2.42. The van der Waals surface area contributed by atoms with E-state index in [2.05, 4.69) is 21.2 Å². The zero-order chi connectivity index (χ0) is 8.15. The molecule has 0 unspecified atom stereocenters. The van der Waals surface area contributed by atoms with E-state index in [-0.39, 0.29) is 11.2 Å². The Morgan fingerprint density at radius 1 is 1.70 bits per heavy atom. The molecule has 4 nitrogen and oxygen atoms in total. The molecule has 0 bridgehead atoms. The highest BCUT2D eigenvalue weighted by Crippen LogP contribution is 1.82. The zero-order valence-corrected chi connectivity index (χ0v) is 7.14. The molecule has 10 heavy (non-hydrogen) atoms. The number of primary amides is 1. The third-order valence-corrected chi connectivity index (χ3v) is 1.43. The van der Waals surface area contributed by atoms with Crippen LogP contribution in [0.4, 0.5) is 0 Å². The fourth-order valence-corrected chi connectivity index (χ4v) is 0.513. The summed E-state index contributed by atoms with van der Waals surface area (Å²) in [5.41, 5.74) is 4.87. The fraction of sp³-hybridized carbons (Fsp3) is 0.600. The van der Waals surface area contributed by atoms with Gasteiger partial charge in [0.15, 0.2) is 0 Å². The molecule has 5 heteroatoms. The van der Waals surface area contributed by atoms with Gasteiger partial charge in [-0.1, -0.05) is 15.9 Å². The smallest absolute Gasteiger partial charge is 0.239 e. The lowest BCUT2D eigenvalue weighted by molar-refractivity contribution is -0.125. The van der Waals surface area contributed by atoms with Crippen LogP contribution in [-0.2, 0) is 9.59 Å². The van der Waals surface area contributed by atoms with Crippen LogP contribution in [0, 0.1) is 0 Å². The number of amides is 2. The molecule has 2 amide bonds. The maximum Gasteiger partial charge on any atom is 0.239 e. The number of rotatable bonds is 3. The molecule has 0 saturated carbocycles. The van der Waals surface area contributed by atoms with Crippen LogP contribution < -0.4 is 11.1 Å². The Balaban J connectivity index is 3.68. The van der Waals surface area contributed by atoms with Crippen LogP contribution in [0.2, 0.25) is 0 Å². The number of carbonyl (C=O) groups is 2. The minimum absolute atomic E-state index is 0.185. The second kappa shape index (κ2) is 4.27. The average molecular weight is 209 g/mol. The Morgan fingerprint density at radius 2 is 2.20 bits per heavy atom. The average Bonchev–Trinajstić information content (AvgIpc) is 1.87. The molecule has 58 valence electrons. The van der Waals surface area contributed by atoms with Crippen molar-refractivity contribution in [2.24, 2.45) is 5.73 Å². The van der Waals surface area contributed by atoms with Crippen LogP contribution in [0.3, 0.4) is 0 Å². The molecule has 0 radical (unpaired) electrons. The molecule has 0 spiro atoms. The summed E-state index contributed by atoms with van der Waals surface area (Å²) in [5, 5.41) is 2.55. The molecule has 0 aromatic carbocycles. The van der Waals surface area contributed by atoms with Crippen LogP contribution in [0.5, 0.6) is 0 Å². The third-order valence-electron chi connectivity index (χ3n) is 0.926. The highest BCUT2D eigenvalue weighted by Gasteiger charge is 2.09. The fourth-order valence-electron chi connectivity index (χ4n) is 0.351. The number of nitrogens with two attached hydrogens (primary N) is 1. The topological polar surface area (TPSA) is 72.2 Å². The summed E-state index contributed by atoms with van der Waals surface area (Å²) in [5.74, 6) is -0.777. The summed E-state index contributed by atoms with van der Waals surface area (Å²) < 4.78 is 0. The predicted molar refractivity (Wildman–Crippen MR) is 40.6 cm³/mol. The summed E-state index contributed by atoms with van der Waals surface area (Å²) in [6, 6.07) is -0.593. The molecule has 0 aromatic heterocycles. The lowest BCUT2D eigenvalue weighted by atomic mass is 10.3. The van der Waals surface area contributed by atoms with Crippen LogP contribution in [0.25, 0.3) is 0 Å². The van der Waals surface area contributed by atoms with E-state index in [0.717, 1.165) is 0 Å². The van der Waals surface area contributed by atoms with Gasteiger partial charge in [0, 0.05) is 0 Å². The lowest BCUT2D eigenvalue weighted by Gasteiger charge is -2.07. The number of hydrogen-bond acceptors (Lipinski definition) is 2. The predicted octanol–water partition coefficient (Wildman–Crippen LogP) is -0.629. The van der Waals surface area contributed by atoms with Gasteiger partial charge < -0.3 is 11.1 Å². The van der Waals surface area contributed by atoms with Crippen molar-refractivity contribution < 1.29 is 9.59 Å². The van der Waals surface area contributed by atoms with Crippen molar-refractivity contribution in [3.8, 4) is 0 Å². The summed E-state index contributed by atoms with van der Waals surface area (Å²) in [6.45, 7) is 1.53. The van der Waals surface area contributed by atoms with Crippen molar-refractivity contribution in [2.45, 2.75) is 13.0 Å². The molecular weight excluding hydrogens is 200 g/mol. The van der Waals surface area contributed by atoms with Crippen LogP contribution in [-0.4, -0.2) is 23.2 Å². The summed E-state index contributed by atoms with van der Waals surface area (Å²) in [6.07, 6.45) is 0. The van der Waals surface area contributed by atoms with E-state index in [4.69, 9.17) is 5.73 Å². The largest absolute Gasteiger partial charge is 0.368 e. The molecule has 0 heterocycles. The maximum atomic E-state index is 10.6. The Kier molecular flexibility index (Phi) is 4.02. The molecule has 3 N–H and O–H groups in total. The van der Waals surface area contributed by atoms with Crippen molar-refractivity contribution in [3.63, 3.8) is 0 Å². The Morgan fingerprint density at radius 3 is 2.50 bits per heavy atom. The van der Waals surface area contributed by atoms with E-state index in [9.17, 15) is 9.59 Å². The van der Waals surface area contributed by atoms with Gasteiger partial charge in [0.25, 0.3) is 0 Å². The minimum Gasteiger partial charge on any atom is -0.368 e. The van der Waals surface area contributed by atoms with Crippen LogP contribution >= 0.6 is 15.9 Å². The molecule has 0 fully saturated rings. The highest BCUT2D eigenvalue weighted by atomic mass is 79.9. The first-order chi connectivity index (χ1) is 4.57. The molecule has 0 aliphatic rings. The Labute approximate surface area is 67.3 Å². The van der Waals surface area contributed by atoms with E-state index in [0.29, 0.717) is 0 Å². The van der Waals surface area contributed by atoms with Gasteiger partial charge in [0.1, 0.15) is 6.04 Å². The Bertz CT molecular complexity index is 149. The summed E-state index contributed by atoms with van der Waals surface area (Å²) in [4.78, 5) is 20.9. The number of alkyl halides is 1. The van der Waals surface area contributed by atoms with E-state index in [1.807, 2.05) is 0 Å². The van der Waals surface area contributed by atoms with Gasteiger partial charge in [0.2, 0.25) is 11.8 Å². The van der Waals surface area contributed by atoms with E-state index >= 15 is 0 Å². The molecular formula is C5H9BrN2O2. The third kappa shape index (κ3) is 3.45. The van der Waals surface area contributed by atoms with E-state index in [1.54, 1.807) is 0 Å². The first kappa shape index (κ1) is 9.42. The van der Waals surface area contributed by atoms with Crippen molar-refractivity contribution in [1.82, 2.24) is 5.32 Å². The van der Waals surface area contributed by atoms with Crippen LogP contribution in [0.15, 0.2) is 0 Å². The SMILES string of the molecule is C[C@@H](NC(=O)CBr)C(N)=O. The normalized spacial score (nSPS) is 12.2. The zero-order valence-electron chi connectivity index (χ0n) is 5.56. The Hall–Kier alpha value is -0.580. The summed E-state index contributed by atoms with van der Waals surface area (Å²) in [7, 11) is 0. The second-order valence-electron chi connectivity index (χ2n) is 1.83. The number of carbonyl (C=O) groups excluding carboxylic acids is 2. The minimum atomic E-state index is -0.593. The van der Waals surface area contributed by atoms with Gasteiger partial charge in [-0.25, -0.2) is 0 Å². The molecule has 0 saturated heterocycles. The standard InChI is InChI=1S/C5H9BrN2O2/c1-3(5(7)10)8-4(9)2-6/h3H,2H2,1H3,(H2,7,10)(H,8,9)/t3-/m1/s1. The monoisotopic (exact) mass is 208 g/mol. The molecule has 0 rings (SSSR count). The first-order valence-corrected chi connectivity index (χ1v) is 3.84.